The molecule has 5 heteroatoms. The van der Waals surface area contributed by atoms with Gasteiger partial charge in [-0.1, -0.05) is 28.9 Å². The molecule has 0 aliphatic carbocycles. The normalized spacial score (nSPS) is 12.8. The maximum absolute atomic E-state index is 13.6. The Morgan fingerprint density at radius 3 is 2.76 bits per heavy atom. The summed E-state index contributed by atoms with van der Waals surface area (Å²) in [6, 6.07) is 5.03. The molecule has 1 atom stereocenters. The molecule has 17 heavy (non-hydrogen) atoms. The van der Waals surface area contributed by atoms with Gasteiger partial charge >= 0.3 is 0 Å². The summed E-state index contributed by atoms with van der Waals surface area (Å²) >= 11 is 3.22. The lowest BCUT2D eigenvalue weighted by Crippen LogP contribution is -2.31. The van der Waals surface area contributed by atoms with Crippen LogP contribution in [0.15, 0.2) is 22.7 Å². The van der Waals surface area contributed by atoms with Gasteiger partial charge in [-0.25, -0.2) is 4.39 Å². The molecule has 0 bridgehead atoms. The highest BCUT2D eigenvalue weighted by molar-refractivity contribution is 9.10. The SMILES string of the molecule is CC(CN(C)Cc1ccc(Br)cc1F)C(=N)N. The zero-order valence-corrected chi connectivity index (χ0v) is 11.6. The molecular weight excluding hydrogens is 285 g/mol. The van der Waals surface area contributed by atoms with Crippen LogP contribution in [0.4, 0.5) is 4.39 Å². The zero-order valence-electron chi connectivity index (χ0n) is 10.0. The van der Waals surface area contributed by atoms with E-state index in [1.54, 1.807) is 6.07 Å². The van der Waals surface area contributed by atoms with Crippen molar-refractivity contribution >= 4 is 21.8 Å². The van der Waals surface area contributed by atoms with Crippen LogP contribution in [-0.4, -0.2) is 24.3 Å². The molecule has 0 aliphatic rings. The van der Waals surface area contributed by atoms with E-state index in [0.717, 1.165) is 4.47 Å². The van der Waals surface area contributed by atoms with E-state index in [-0.39, 0.29) is 17.6 Å². The van der Waals surface area contributed by atoms with Crippen molar-refractivity contribution in [1.82, 2.24) is 4.90 Å². The minimum absolute atomic E-state index is 0.0153. The monoisotopic (exact) mass is 301 g/mol. The number of nitrogens with two attached hydrogens (primary N) is 1. The molecule has 0 saturated carbocycles. The van der Waals surface area contributed by atoms with Crippen LogP contribution in [0.3, 0.4) is 0 Å². The van der Waals surface area contributed by atoms with E-state index in [0.29, 0.717) is 18.7 Å². The predicted molar refractivity (Wildman–Crippen MR) is 71.5 cm³/mol. The average Bonchev–Trinajstić information content (AvgIpc) is 2.22. The molecule has 1 rings (SSSR count). The Morgan fingerprint density at radius 2 is 2.24 bits per heavy atom. The molecule has 0 amide bonds. The molecule has 0 heterocycles. The summed E-state index contributed by atoms with van der Waals surface area (Å²) in [5.74, 6) is -0.0756. The van der Waals surface area contributed by atoms with Gasteiger partial charge in [0.25, 0.3) is 0 Å². The highest BCUT2D eigenvalue weighted by Crippen LogP contribution is 2.16. The number of nitrogens with one attached hydrogen (secondary N) is 1. The van der Waals surface area contributed by atoms with E-state index in [4.69, 9.17) is 11.1 Å². The van der Waals surface area contributed by atoms with Gasteiger partial charge in [0.2, 0.25) is 0 Å². The summed E-state index contributed by atoms with van der Waals surface area (Å²) < 4.78 is 14.3. The van der Waals surface area contributed by atoms with Gasteiger partial charge in [0.05, 0.1) is 5.84 Å². The van der Waals surface area contributed by atoms with Crippen molar-refractivity contribution in [3.05, 3.63) is 34.1 Å². The summed E-state index contributed by atoms with van der Waals surface area (Å²) in [7, 11) is 1.89. The fourth-order valence-corrected chi connectivity index (χ4v) is 1.90. The minimum atomic E-state index is -0.221. The molecular formula is C12H17BrFN3. The Morgan fingerprint density at radius 1 is 1.59 bits per heavy atom. The largest absolute Gasteiger partial charge is 0.387 e. The molecule has 0 fully saturated rings. The van der Waals surface area contributed by atoms with Crippen LogP contribution in [0.2, 0.25) is 0 Å². The van der Waals surface area contributed by atoms with E-state index in [1.165, 1.54) is 6.07 Å². The molecule has 1 unspecified atom stereocenters. The number of hydrogen-bond acceptors (Lipinski definition) is 2. The first-order chi connectivity index (χ1) is 7.90. The summed E-state index contributed by atoms with van der Waals surface area (Å²) in [5.41, 5.74) is 6.05. The second-order valence-electron chi connectivity index (χ2n) is 4.29. The molecule has 0 aromatic heterocycles. The van der Waals surface area contributed by atoms with E-state index >= 15 is 0 Å². The highest BCUT2D eigenvalue weighted by atomic mass is 79.9. The van der Waals surface area contributed by atoms with Gasteiger partial charge in [-0.2, -0.15) is 0 Å². The number of rotatable bonds is 5. The molecule has 3 nitrogen and oxygen atoms in total. The third-order valence-electron chi connectivity index (χ3n) is 2.57. The van der Waals surface area contributed by atoms with Crippen LogP contribution < -0.4 is 5.73 Å². The van der Waals surface area contributed by atoms with Gasteiger partial charge in [-0.05, 0) is 19.2 Å². The van der Waals surface area contributed by atoms with Crippen LogP contribution in [0.5, 0.6) is 0 Å². The van der Waals surface area contributed by atoms with E-state index in [1.807, 2.05) is 24.9 Å². The van der Waals surface area contributed by atoms with Crippen LogP contribution in [0.25, 0.3) is 0 Å². The van der Waals surface area contributed by atoms with Crippen molar-refractivity contribution in [1.29, 1.82) is 5.41 Å². The first kappa shape index (κ1) is 14.1. The second-order valence-corrected chi connectivity index (χ2v) is 5.20. The van der Waals surface area contributed by atoms with Crippen LogP contribution in [0, 0.1) is 17.1 Å². The third-order valence-corrected chi connectivity index (χ3v) is 3.07. The quantitative estimate of drug-likeness (QED) is 0.649. The van der Waals surface area contributed by atoms with Crippen molar-refractivity contribution in [3.8, 4) is 0 Å². The van der Waals surface area contributed by atoms with Gasteiger partial charge in [0.1, 0.15) is 5.82 Å². The molecule has 3 N–H and O–H groups in total. The van der Waals surface area contributed by atoms with Gasteiger partial charge in [0, 0.05) is 29.0 Å². The Balaban J connectivity index is 2.62. The van der Waals surface area contributed by atoms with Gasteiger partial charge < -0.3 is 10.6 Å². The van der Waals surface area contributed by atoms with Crippen molar-refractivity contribution in [2.45, 2.75) is 13.5 Å². The third kappa shape index (κ3) is 4.44. The lowest BCUT2D eigenvalue weighted by atomic mass is 10.1. The van der Waals surface area contributed by atoms with Gasteiger partial charge in [0.15, 0.2) is 0 Å². The van der Waals surface area contributed by atoms with Crippen molar-refractivity contribution in [3.63, 3.8) is 0 Å². The number of nitrogens with zero attached hydrogens (tertiary/aromatic N) is 1. The van der Waals surface area contributed by atoms with E-state index < -0.39 is 0 Å². The van der Waals surface area contributed by atoms with Crippen molar-refractivity contribution in [2.75, 3.05) is 13.6 Å². The zero-order chi connectivity index (χ0) is 13.0. The summed E-state index contributed by atoms with van der Waals surface area (Å²) in [4.78, 5) is 1.96. The summed E-state index contributed by atoms with van der Waals surface area (Å²) in [6.07, 6.45) is 0. The standard InChI is InChI=1S/C12H17BrFN3/c1-8(12(15)16)6-17(2)7-9-3-4-10(13)5-11(9)14/h3-5,8H,6-7H2,1-2H3,(H3,15,16). The summed E-state index contributed by atoms with van der Waals surface area (Å²) in [6.45, 7) is 3.04. The van der Waals surface area contributed by atoms with E-state index in [2.05, 4.69) is 15.9 Å². The van der Waals surface area contributed by atoms with E-state index in [9.17, 15) is 4.39 Å². The Hall–Kier alpha value is -0.940. The predicted octanol–water partition coefficient (Wildman–Crippen LogP) is 2.59. The lowest BCUT2D eigenvalue weighted by molar-refractivity contribution is 0.301. The Bertz CT molecular complexity index is 409. The molecule has 1 aromatic carbocycles. The Kier molecular flexibility index (Phi) is 5.08. The van der Waals surface area contributed by atoms with Crippen molar-refractivity contribution < 1.29 is 4.39 Å². The number of halogens is 2. The minimum Gasteiger partial charge on any atom is -0.387 e. The highest BCUT2D eigenvalue weighted by Gasteiger charge is 2.11. The van der Waals surface area contributed by atoms with Crippen LogP contribution in [0.1, 0.15) is 12.5 Å². The first-order valence-electron chi connectivity index (χ1n) is 5.36. The van der Waals surface area contributed by atoms with Crippen LogP contribution in [-0.2, 0) is 6.54 Å². The topological polar surface area (TPSA) is 53.1 Å². The molecule has 0 saturated heterocycles. The second kappa shape index (κ2) is 6.12. The molecule has 0 aliphatic heterocycles. The average molecular weight is 302 g/mol. The smallest absolute Gasteiger partial charge is 0.128 e. The first-order valence-corrected chi connectivity index (χ1v) is 6.16. The molecule has 1 aromatic rings. The maximum Gasteiger partial charge on any atom is 0.128 e. The molecule has 94 valence electrons. The summed E-state index contributed by atoms with van der Waals surface area (Å²) in [5, 5.41) is 7.31. The van der Waals surface area contributed by atoms with Crippen molar-refractivity contribution in [2.24, 2.45) is 11.7 Å². The fourth-order valence-electron chi connectivity index (χ4n) is 1.57. The number of amidine groups is 1. The van der Waals surface area contributed by atoms with Crippen LogP contribution >= 0.6 is 15.9 Å². The number of hydrogen-bond donors (Lipinski definition) is 2. The van der Waals surface area contributed by atoms with Gasteiger partial charge in [-0.3, -0.25) is 5.41 Å². The Labute approximate surface area is 109 Å². The number of benzene rings is 1. The lowest BCUT2D eigenvalue weighted by Gasteiger charge is -2.20. The van der Waals surface area contributed by atoms with Gasteiger partial charge in [-0.15, -0.1) is 0 Å². The molecule has 0 spiro atoms. The molecule has 0 radical (unpaired) electrons. The maximum atomic E-state index is 13.6. The fraction of sp³-hybridized carbons (Fsp3) is 0.417.